The third-order valence-corrected chi connectivity index (χ3v) is 2.20. The van der Waals surface area contributed by atoms with Crippen LogP contribution in [0.25, 0.3) is 0 Å². The van der Waals surface area contributed by atoms with Crippen LogP contribution in [-0.4, -0.2) is 32.6 Å². The van der Waals surface area contributed by atoms with Crippen molar-refractivity contribution in [2.24, 2.45) is 0 Å². The molecule has 0 saturated heterocycles. The van der Waals surface area contributed by atoms with Crippen molar-refractivity contribution in [1.29, 1.82) is 0 Å². The Morgan fingerprint density at radius 3 is 2.53 bits per heavy atom. The first-order chi connectivity index (χ1) is 8.11. The number of nitrogens with zero attached hydrogens (tertiary/aromatic N) is 1. The number of amides is 1. The highest BCUT2D eigenvalue weighted by molar-refractivity contribution is 6.38. The fraction of sp³-hybridized carbons (Fsp3) is 0.333. The molecule has 1 aromatic rings. The number of carbonyl (C=O) groups is 2. The molecule has 0 saturated carbocycles. The van der Waals surface area contributed by atoms with E-state index in [1.807, 2.05) is 0 Å². The van der Waals surface area contributed by atoms with E-state index in [1.165, 1.54) is 19.1 Å². The lowest BCUT2D eigenvalue weighted by atomic mass is 10.2. The maximum absolute atomic E-state index is 11.7. The number of esters is 1. The van der Waals surface area contributed by atoms with Gasteiger partial charge in [-0.15, -0.1) is 0 Å². The van der Waals surface area contributed by atoms with E-state index in [0.717, 1.165) is 0 Å². The van der Waals surface area contributed by atoms with Gasteiger partial charge in [0.15, 0.2) is 0 Å². The highest BCUT2D eigenvalue weighted by atomic mass is 16.5. The molecule has 0 aliphatic rings. The van der Waals surface area contributed by atoms with Gasteiger partial charge in [0.25, 0.3) is 0 Å². The third-order valence-electron chi connectivity index (χ3n) is 2.20. The Labute approximate surface area is 99.9 Å². The van der Waals surface area contributed by atoms with Gasteiger partial charge in [0.2, 0.25) is 0 Å². The number of carbonyl (C=O) groups excluding carboxylic acids is 2. The van der Waals surface area contributed by atoms with Gasteiger partial charge in [-0.3, -0.25) is 4.79 Å². The van der Waals surface area contributed by atoms with E-state index in [9.17, 15) is 9.59 Å². The number of para-hydroxylation sites is 2. The van der Waals surface area contributed by atoms with E-state index in [-0.39, 0.29) is 6.61 Å². The molecule has 0 spiro atoms. The minimum Gasteiger partial charge on any atom is -0.495 e. The van der Waals surface area contributed by atoms with Gasteiger partial charge in [-0.05, 0) is 19.1 Å². The average Bonchev–Trinajstić information content (AvgIpc) is 2.37. The van der Waals surface area contributed by atoms with Gasteiger partial charge in [0.05, 0.1) is 19.4 Å². The Bertz CT molecular complexity index is 417. The highest BCUT2D eigenvalue weighted by Gasteiger charge is 2.22. The Balaban J connectivity index is 2.92. The second kappa shape index (κ2) is 5.89. The second-order valence-corrected chi connectivity index (χ2v) is 3.26. The number of ether oxygens (including phenoxy) is 2. The molecule has 92 valence electrons. The Morgan fingerprint density at radius 2 is 1.94 bits per heavy atom. The lowest BCUT2D eigenvalue weighted by Crippen LogP contribution is -2.34. The fourth-order valence-electron chi connectivity index (χ4n) is 1.35. The van der Waals surface area contributed by atoms with Crippen molar-refractivity contribution in [1.82, 2.24) is 0 Å². The number of hydrogen-bond acceptors (Lipinski definition) is 4. The van der Waals surface area contributed by atoms with E-state index < -0.39 is 11.9 Å². The first-order valence-electron chi connectivity index (χ1n) is 5.19. The van der Waals surface area contributed by atoms with Crippen molar-refractivity contribution in [3.63, 3.8) is 0 Å². The predicted molar refractivity (Wildman–Crippen MR) is 63.0 cm³/mol. The molecule has 0 bridgehead atoms. The lowest BCUT2D eigenvalue weighted by molar-refractivity contribution is -0.153. The van der Waals surface area contributed by atoms with Crippen molar-refractivity contribution in [2.75, 3.05) is 25.7 Å². The summed E-state index contributed by atoms with van der Waals surface area (Å²) in [5.74, 6) is -1.08. The summed E-state index contributed by atoms with van der Waals surface area (Å²) in [5, 5.41) is 0. The van der Waals surface area contributed by atoms with Crippen LogP contribution in [0.4, 0.5) is 5.69 Å². The van der Waals surface area contributed by atoms with Gasteiger partial charge in [0.1, 0.15) is 5.75 Å². The molecule has 0 unspecified atom stereocenters. The highest BCUT2D eigenvalue weighted by Crippen LogP contribution is 2.26. The van der Waals surface area contributed by atoms with Crippen molar-refractivity contribution < 1.29 is 19.1 Å². The molecule has 0 aliphatic carbocycles. The summed E-state index contributed by atoms with van der Waals surface area (Å²) < 4.78 is 9.76. The number of methoxy groups -OCH3 is 1. The maximum Gasteiger partial charge on any atom is 0.397 e. The van der Waals surface area contributed by atoms with E-state index in [2.05, 4.69) is 4.74 Å². The van der Waals surface area contributed by atoms with Gasteiger partial charge in [0, 0.05) is 7.05 Å². The van der Waals surface area contributed by atoms with E-state index in [4.69, 9.17) is 4.74 Å². The summed E-state index contributed by atoms with van der Waals surface area (Å²) in [6.45, 7) is 1.82. The SMILES string of the molecule is CCOC(=O)C(=O)N(C)c1ccccc1OC. The summed E-state index contributed by atoms with van der Waals surface area (Å²) >= 11 is 0. The molecule has 0 radical (unpaired) electrons. The first kappa shape index (κ1) is 13.0. The Hall–Kier alpha value is -2.04. The van der Waals surface area contributed by atoms with Crippen LogP contribution in [0.1, 0.15) is 6.92 Å². The van der Waals surface area contributed by atoms with Gasteiger partial charge in [-0.1, -0.05) is 12.1 Å². The van der Waals surface area contributed by atoms with Gasteiger partial charge in [-0.2, -0.15) is 0 Å². The van der Waals surface area contributed by atoms with Crippen LogP contribution >= 0.6 is 0 Å². The van der Waals surface area contributed by atoms with Crippen molar-refractivity contribution in [3.05, 3.63) is 24.3 Å². The molecule has 0 aliphatic heterocycles. The number of anilines is 1. The van der Waals surface area contributed by atoms with Crippen LogP contribution in [0.15, 0.2) is 24.3 Å². The van der Waals surface area contributed by atoms with Crippen molar-refractivity contribution in [3.8, 4) is 5.75 Å². The zero-order valence-corrected chi connectivity index (χ0v) is 10.1. The van der Waals surface area contributed by atoms with E-state index in [1.54, 1.807) is 31.2 Å². The molecular formula is C12H15NO4. The Morgan fingerprint density at radius 1 is 1.29 bits per heavy atom. The Kier molecular flexibility index (Phi) is 4.51. The van der Waals surface area contributed by atoms with Gasteiger partial charge in [-0.25, -0.2) is 4.79 Å². The minimum absolute atomic E-state index is 0.171. The molecule has 1 rings (SSSR count). The van der Waals surface area contributed by atoms with Crippen molar-refractivity contribution >= 4 is 17.6 Å². The minimum atomic E-state index is -0.874. The van der Waals surface area contributed by atoms with Gasteiger partial charge >= 0.3 is 11.9 Å². The number of rotatable bonds is 3. The van der Waals surface area contributed by atoms with Crippen LogP contribution in [0, 0.1) is 0 Å². The fourth-order valence-corrected chi connectivity index (χ4v) is 1.35. The second-order valence-electron chi connectivity index (χ2n) is 3.26. The van der Waals surface area contributed by atoms with Crippen LogP contribution < -0.4 is 9.64 Å². The predicted octanol–water partition coefficient (Wildman–Crippen LogP) is 1.22. The topological polar surface area (TPSA) is 55.8 Å². The van der Waals surface area contributed by atoms with E-state index >= 15 is 0 Å². The van der Waals surface area contributed by atoms with Crippen LogP contribution in [-0.2, 0) is 14.3 Å². The summed E-state index contributed by atoms with van der Waals surface area (Å²) in [7, 11) is 3.00. The van der Waals surface area contributed by atoms with Crippen LogP contribution in [0.3, 0.4) is 0 Å². The number of likely N-dealkylation sites (N-methyl/N-ethyl adjacent to an activating group) is 1. The summed E-state index contributed by atoms with van der Waals surface area (Å²) in [6.07, 6.45) is 0. The molecule has 0 aromatic heterocycles. The third kappa shape index (κ3) is 2.96. The normalized spacial score (nSPS) is 9.59. The summed E-state index contributed by atoms with van der Waals surface area (Å²) in [6, 6.07) is 6.94. The molecule has 5 heteroatoms. The number of hydrogen-bond donors (Lipinski definition) is 0. The smallest absolute Gasteiger partial charge is 0.397 e. The first-order valence-corrected chi connectivity index (χ1v) is 5.19. The average molecular weight is 237 g/mol. The summed E-state index contributed by atoms with van der Waals surface area (Å²) in [4.78, 5) is 24.2. The molecule has 17 heavy (non-hydrogen) atoms. The molecule has 0 atom stereocenters. The zero-order chi connectivity index (χ0) is 12.8. The molecule has 0 N–H and O–H groups in total. The monoisotopic (exact) mass is 237 g/mol. The van der Waals surface area contributed by atoms with Crippen molar-refractivity contribution in [2.45, 2.75) is 6.92 Å². The lowest BCUT2D eigenvalue weighted by Gasteiger charge is -2.18. The molecule has 0 fully saturated rings. The zero-order valence-electron chi connectivity index (χ0n) is 10.1. The van der Waals surface area contributed by atoms with E-state index in [0.29, 0.717) is 11.4 Å². The number of benzene rings is 1. The quantitative estimate of drug-likeness (QED) is 0.586. The molecule has 0 heterocycles. The maximum atomic E-state index is 11.7. The van der Waals surface area contributed by atoms with Gasteiger partial charge < -0.3 is 14.4 Å². The molecule has 1 aromatic carbocycles. The molecule has 1 amide bonds. The van der Waals surface area contributed by atoms with Crippen LogP contribution in [0.2, 0.25) is 0 Å². The summed E-state index contributed by atoms with van der Waals surface area (Å²) in [5.41, 5.74) is 0.521. The molecular weight excluding hydrogens is 222 g/mol. The van der Waals surface area contributed by atoms with Crippen LogP contribution in [0.5, 0.6) is 5.75 Å². The molecule has 5 nitrogen and oxygen atoms in total. The standard InChI is InChI=1S/C12H15NO4/c1-4-17-12(15)11(14)13(2)9-7-5-6-8-10(9)16-3/h5-8H,4H2,1-3H3. The largest absolute Gasteiger partial charge is 0.495 e.